The quantitative estimate of drug-likeness (QED) is 0.537. The first kappa shape index (κ1) is 20.1. The molecule has 0 spiro atoms. The van der Waals surface area contributed by atoms with Crippen LogP contribution in [-0.4, -0.2) is 29.1 Å². The number of benzene rings is 2. The zero-order valence-corrected chi connectivity index (χ0v) is 16.7. The molecular weight excluding hydrogens is 403 g/mol. The summed E-state index contributed by atoms with van der Waals surface area (Å²) in [5, 5.41) is 0.301. The fraction of sp³-hybridized carbons (Fsp3) is 0.150. The molecule has 1 heterocycles. The first-order valence-electron chi connectivity index (χ1n) is 8.26. The van der Waals surface area contributed by atoms with E-state index in [0.717, 1.165) is 29.0 Å². The van der Waals surface area contributed by atoms with Gasteiger partial charge in [-0.25, -0.2) is 14.2 Å². The van der Waals surface area contributed by atoms with Crippen molar-refractivity contribution in [2.24, 2.45) is 4.99 Å². The summed E-state index contributed by atoms with van der Waals surface area (Å²) in [5.41, 5.74) is 2.41. The number of esters is 1. The van der Waals surface area contributed by atoms with Crippen LogP contribution in [0.1, 0.15) is 11.1 Å². The van der Waals surface area contributed by atoms with E-state index in [-0.39, 0.29) is 22.4 Å². The molecule has 1 fully saturated rings. The molecule has 0 saturated carbocycles. The number of hydrogen-bond acceptors (Lipinski definition) is 5. The lowest BCUT2D eigenvalue weighted by Gasteiger charge is -2.16. The summed E-state index contributed by atoms with van der Waals surface area (Å²) in [6, 6.07) is 11.8. The van der Waals surface area contributed by atoms with Crippen LogP contribution >= 0.6 is 23.4 Å². The Hall–Kier alpha value is -2.64. The number of ether oxygens (including phenoxy) is 1. The topological polar surface area (TPSA) is 59.0 Å². The fourth-order valence-corrected chi connectivity index (χ4v) is 3.57. The van der Waals surface area contributed by atoms with Gasteiger partial charge in [0.25, 0.3) is 5.91 Å². The van der Waals surface area contributed by atoms with Crippen molar-refractivity contribution in [3.8, 4) is 0 Å². The van der Waals surface area contributed by atoms with Crippen LogP contribution in [0.4, 0.5) is 10.1 Å². The summed E-state index contributed by atoms with van der Waals surface area (Å²) in [6.07, 6.45) is 1.13. The van der Waals surface area contributed by atoms with Crippen molar-refractivity contribution in [3.05, 3.63) is 75.4 Å². The Morgan fingerprint density at radius 2 is 2.00 bits per heavy atom. The summed E-state index contributed by atoms with van der Waals surface area (Å²) in [4.78, 5) is 30.5. The van der Waals surface area contributed by atoms with Crippen molar-refractivity contribution in [2.45, 2.75) is 13.5 Å². The van der Waals surface area contributed by atoms with E-state index in [0.29, 0.717) is 10.9 Å². The van der Waals surface area contributed by atoms with Gasteiger partial charge in [0.05, 0.1) is 29.3 Å². The predicted octanol–water partition coefficient (Wildman–Crippen LogP) is 4.61. The molecule has 144 valence electrons. The van der Waals surface area contributed by atoms with Crippen LogP contribution in [0.25, 0.3) is 0 Å². The molecule has 0 aromatic heterocycles. The van der Waals surface area contributed by atoms with Crippen molar-refractivity contribution in [3.63, 3.8) is 0 Å². The van der Waals surface area contributed by atoms with Gasteiger partial charge in [-0.2, -0.15) is 0 Å². The first-order valence-corrected chi connectivity index (χ1v) is 9.45. The third kappa shape index (κ3) is 4.61. The first-order chi connectivity index (χ1) is 13.4. The molecule has 0 N–H and O–H groups in total. The maximum atomic E-state index is 13.4. The van der Waals surface area contributed by atoms with E-state index in [1.54, 1.807) is 0 Å². The van der Waals surface area contributed by atoms with E-state index in [1.807, 2.05) is 31.2 Å². The number of hydrogen-bond donors (Lipinski definition) is 0. The molecular formula is C20H16ClFN2O3S. The molecule has 28 heavy (non-hydrogen) atoms. The number of halogens is 2. The maximum Gasteiger partial charge on any atom is 0.331 e. The molecule has 1 saturated heterocycles. The van der Waals surface area contributed by atoms with Crippen LogP contribution in [0.2, 0.25) is 5.02 Å². The standard InChI is InChI=1S/C20H16ClFN2O3S/c1-12-3-5-13(6-4-12)11-24-19(26)17(10-18(25)27-2)28-20(24)23-14-7-8-16(22)15(21)9-14/h3-10H,11H2,1-2H3/b17-10-,23-20?. The minimum Gasteiger partial charge on any atom is -0.466 e. The Bertz CT molecular complexity index is 989. The van der Waals surface area contributed by atoms with Gasteiger partial charge in [-0.15, -0.1) is 0 Å². The number of methoxy groups -OCH3 is 1. The van der Waals surface area contributed by atoms with Gasteiger partial charge in [0.15, 0.2) is 5.17 Å². The molecule has 0 atom stereocenters. The molecule has 0 unspecified atom stereocenters. The van der Waals surface area contributed by atoms with Gasteiger partial charge in [-0.1, -0.05) is 41.4 Å². The number of carbonyl (C=O) groups excluding carboxylic acids is 2. The SMILES string of the molecule is COC(=O)/C=C1\SC(=Nc2ccc(F)c(Cl)c2)N(Cc2ccc(C)cc2)C1=O. The molecule has 0 aliphatic carbocycles. The summed E-state index contributed by atoms with van der Waals surface area (Å²) >= 11 is 6.87. The van der Waals surface area contributed by atoms with Crippen LogP contribution in [0.3, 0.4) is 0 Å². The van der Waals surface area contributed by atoms with Gasteiger partial charge in [-0.3, -0.25) is 9.69 Å². The largest absolute Gasteiger partial charge is 0.466 e. The Kier molecular flexibility index (Phi) is 6.16. The van der Waals surface area contributed by atoms with Crippen LogP contribution in [0.15, 0.2) is 58.4 Å². The van der Waals surface area contributed by atoms with Crippen molar-refractivity contribution in [1.29, 1.82) is 0 Å². The zero-order chi connectivity index (χ0) is 20.3. The summed E-state index contributed by atoms with van der Waals surface area (Å²) in [7, 11) is 1.24. The molecule has 0 bridgehead atoms. The lowest BCUT2D eigenvalue weighted by Crippen LogP contribution is -2.28. The highest BCUT2D eigenvalue weighted by atomic mass is 35.5. The van der Waals surface area contributed by atoms with Gasteiger partial charge in [0.2, 0.25) is 0 Å². The van der Waals surface area contributed by atoms with Crippen LogP contribution in [-0.2, 0) is 20.9 Å². The Morgan fingerprint density at radius 3 is 2.64 bits per heavy atom. The number of aliphatic imine (C=N–C) groups is 1. The van der Waals surface area contributed by atoms with Gasteiger partial charge >= 0.3 is 5.97 Å². The van der Waals surface area contributed by atoms with E-state index in [1.165, 1.54) is 30.2 Å². The predicted molar refractivity (Wildman–Crippen MR) is 108 cm³/mol. The number of carbonyl (C=O) groups is 2. The number of nitrogens with zero attached hydrogens (tertiary/aromatic N) is 2. The average Bonchev–Trinajstić information content (AvgIpc) is 2.95. The van der Waals surface area contributed by atoms with Crippen molar-refractivity contribution in [2.75, 3.05) is 7.11 Å². The minimum atomic E-state index is -0.628. The second-order valence-electron chi connectivity index (χ2n) is 6.00. The monoisotopic (exact) mass is 418 g/mol. The highest BCUT2D eigenvalue weighted by Gasteiger charge is 2.34. The molecule has 5 nitrogen and oxygen atoms in total. The van der Waals surface area contributed by atoms with E-state index in [4.69, 9.17) is 11.6 Å². The summed E-state index contributed by atoms with van der Waals surface area (Å²) < 4.78 is 18.0. The Balaban J connectivity index is 1.97. The van der Waals surface area contributed by atoms with Crippen LogP contribution < -0.4 is 0 Å². The molecule has 1 aliphatic rings. The highest BCUT2D eigenvalue weighted by Crippen LogP contribution is 2.34. The third-order valence-electron chi connectivity index (χ3n) is 3.93. The summed E-state index contributed by atoms with van der Waals surface area (Å²) in [5.74, 6) is -1.54. The van der Waals surface area contributed by atoms with Gasteiger partial charge in [0, 0.05) is 6.08 Å². The van der Waals surface area contributed by atoms with Gasteiger partial charge < -0.3 is 4.74 Å². The van der Waals surface area contributed by atoms with Crippen molar-refractivity contribution in [1.82, 2.24) is 4.90 Å². The molecule has 8 heteroatoms. The second kappa shape index (κ2) is 8.58. The third-order valence-corrected chi connectivity index (χ3v) is 5.22. The van der Waals surface area contributed by atoms with E-state index >= 15 is 0 Å². The smallest absolute Gasteiger partial charge is 0.331 e. The molecule has 2 aromatic carbocycles. The zero-order valence-electron chi connectivity index (χ0n) is 15.1. The molecule has 0 radical (unpaired) electrons. The second-order valence-corrected chi connectivity index (χ2v) is 7.42. The Labute approximate surface area is 170 Å². The van der Waals surface area contributed by atoms with E-state index in [9.17, 15) is 14.0 Å². The van der Waals surface area contributed by atoms with Crippen molar-refractivity contribution >= 4 is 46.1 Å². The lowest BCUT2D eigenvalue weighted by atomic mass is 10.1. The highest BCUT2D eigenvalue weighted by molar-refractivity contribution is 8.18. The number of thioether (sulfide) groups is 1. The molecule has 2 aromatic rings. The lowest BCUT2D eigenvalue weighted by molar-refractivity contribution is -0.135. The number of rotatable bonds is 4. The molecule has 1 aliphatic heterocycles. The Morgan fingerprint density at radius 1 is 1.29 bits per heavy atom. The molecule has 1 amide bonds. The van der Waals surface area contributed by atoms with E-state index < -0.39 is 11.8 Å². The maximum absolute atomic E-state index is 13.4. The fourth-order valence-electron chi connectivity index (χ4n) is 2.44. The molecule has 3 rings (SSSR count). The number of amidine groups is 1. The van der Waals surface area contributed by atoms with Crippen molar-refractivity contribution < 1.29 is 18.7 Å². The minimum absolute atomic E-state index is 0.0633. The van der Waals surface area contributed by atoms with Gasteiger partial charge in [0.1, 0.15) is 5.82 Å². The number of aryl methyl sites for hydroxylation is 1. The summed E-state index contributed by atoms with van der Waals surface area (Å²) in [6.45, 7) is 2.25. The normalized spacial score (nSPS) is 16.9. The van der Waals surface area contributed by atoms with Crippen LogP contribution in [0.5, 0.6) is 0 Å². The average molecular weight is 419 g/mol. The van der Waals surface area contributed by atoms with Gasteiger partial charge in [-0.05, 0) is 42.4 Å². The number of amides is 1. The van der Waals surface area contributed by atoms with Crippen LogP contribution in [0, 0.1) is 12.7 Å². The van der Waals surface area contributed by atoms with E-state index in [2.05, 4.69) is 9.73 Å².